The van der Waals surface area contributed by atoms with Gasteiger partial charge in [-0.3, -0.25) is 0 Å². The van der Waals surface area contributed by atoms with E-state index in [0.717, 1.165) is 32.1 Å². The molecule has 2 saturated carbocycles. The average Bonchev–Trinajstić information content (AvgIpc) is 3.00. The Morgan fingerprint density at radius 3 is 2.41 bits per heavy atom. The molecule has 2 fully saturated rings. The van der Waals surface area contributed by atoms with E-state index in [-0.39, 0.29) is 33.9 Å². The van der Waals surface area contributed by atoms with Crippen LogP contribution in [0.5, 0.6) is 0 Å². The van der Waals surface area contributed by atoms with Crippen molar-refractivity contribution in [2.45, 2.75) is 113 Å². The predicted molar refractivity (Wildman–Crippen MR) is 134 cm³/mol. The summed E-state index contributed by atoms with van der Waals surface area (Å²) < 4.78 is 0. The highest BCUT2D eigenvalue weighted by atomic mass is 16.3. The van der Waals surface area contributed by atoms with E-state index in [2.05, 4.69) is 73.6 Å². The van der Waals surface area contributed by atoms with Crippen molar-refractivity contribution < 1.29 is 10.2 Å². The van der Waals surface area contributed by atoms with Crippen LogP contribution >= 0.6 is 0 Å². The average molecular weight is 441 g/mol. The van der Waals surface area contributed by atoms with Crippen molar-refractivity contribution in [1.29, 1.82) is 0 Å². The highest BCUT2D eigenvalue weighted by Crippen LogP contribution is 2.71. The molecular formula is C30H48O2. The van der Waals surface area contributed by atoms with E-state index < -0.39 is 0 Å². The molecular weight excluding hydrogens is 392 g/mol. The van der Waals surface area contributed by atoms with Gasteiger partial charge in [0, 0.05) is 0 Å². The number of hydrogen-bond acceptors (Lipinski definition) is 2. The van der Waals surface area contributed by atoms with E-state index in [4.69, 9.17) is 0 Å². The van der Waals surface area contributed by atoms with Crippen LogP contribution in [0.1, 0.15) is 100 Å². The minimum Gasteiger partial charge on any atom is -0.393 e. The molecule has 0 bridgehead atoms. The maximum Gasteiger partial charge on any atom is 0.0603 e. The molecule has 4 aliphatic carbocycles. The third-order valence-corrected chi connectivity index (χ3v) is 11.3. The molecule has 2 nitrogen and oxygen atoms in total. The van der Waals surface area contributed by atoms with E-state index in [0.29, 0.717) is 17.8 Å². The fourth-order valence-electron chi connectivity index (χ4n) is 8.71. The van der Waals surface area contributed by atoms with E-state index in [1.807, 2.05) is 0 Å². The van der Waals surface area contributed by atoms with Gasteiger partial charge >= 0.3 is 0 Å². The Kier molecular flexibility index (Phi) is 5.95. The van der Waals surface area contributed by atoms with Gasteiger partial charge in [-0.15, -0.1) is 0 Å². The lowest BCUT2D eigenvalue weighted by atomic mass is 9.44. The van der Waals surface area contributed by atoms with Crippen molar-refractivity contribution in [3.05, 3.63) is 34.9 Å². The highest BCUT2D eigenvalue weighted by molar-refractivity contribution is 5.49. The minimum absolute atomic E-state index is 0.0424. The standard InChI is InChI=1S/C30H48O2/c1-19(2)9-11-24(31)20(3)21-13-17-30(8)23-10-12-25-27(4,5)26(32)15-16-28(25,6)22(23)14-18-29(21,30)7/h9-10,14,20-21,24-26,31-32H,11-13,15-18H2,1-8H3/t20-,21+,24+,25?,26-,28+,29+,30-/m0/s1. The molecule has 0 amide bonds. The zero-order valence-corrected chi connectivity index (χ0v) is 22.0. The van der Waals surface area contributed by atoms with Crippen LogP contribution in [0, 0.1) is 39.4 Å². The topological polar surface area (TPSA) is 40.5 Å². The van der Waals surface area contributed by atoms with Gasteiger partial charge in [0.05, 0.1) is 12.2 Å². The lowest BCUT2D eigenvalue weighted by molar-refractivity contribution is -0.0854. The molecule has 1 unspecified atom stereocenters. The summed E-state index contributed by atoms with van der Waals surface area (Å²) in [6.07, 6.45) is 14.3. The van der Waals surface area contributed by atoms with Crippen molar-refractivity contribution in [2.75, 3.05) is 0 Å². The molecule has 0 aromatic heterocycles. The zero-order chi connectivity index (χ0) is 23.7. The van der Waals surface area contributed by atoms with Crippen LogP contribution in [0.15, 0.2) is 34.9 Å². The Bertz CT molecular complexity index is 843. The van der Waals surface area contributed by atoms with Crippen LogP contribution in [0.25, 0.3) is 0 Å². The van der Waals surface area contributed by atoms with Crippen LogP contribution in [0.3, 0.4) is 0 Å². The summed E-state index contributed by atoms with van der Waals surface area (Å²) in [5, 5.41) is 21.8. The highest BCUT2D eigenvalue weighted by Gasteiger charge is 2.63. The molecule has 0 aromatic rings. The van der Waals surface area contributed by atoms with Crippen molar-refractivity contribution in [1.82, 2.24) is 0 Å². The van der Waals surface area contributed by atoms with Crippen LogP contribution in [-0.4, -0.2) is 22.4 Å². The molecule has 0 heterocycles. The number of hydrogen-bond donors (Lipinski definition) is 2. The number of aliphatic hydroxyl groups excluding tert-OH is 2. The van der Waals surface area contributed by atoms with Crippen LogP contribution < -0.4 is 0 Å². The van der Waals surface area contributed by atoms with Gasteiger partial charge in [-0.25, -0.2) is 0 Å². The summed E-state index contributed by atoms with van der Waals surface area (Å²) >= 11 is 0. The Morgan fingerprint density at radius 2 is 1.75 bits per heavy atom. The van der Waals surface area contributed by atoms with Crippen LogP contribution in [0.4, 0.5) is 0 Å². The van der Waals surface area contributed by atoms with Crippen molar-refractivity contribution >= 4 is 0 Å². The summed E-state index contributed by atoms with van der Waals surface area (Å²) in [5.41, 5.74) is 5.02. The van der Waals surface area contributed by atoms with Crippen molar-refractivity contribution in [2.24, 2.45) is 39.4 Å². The van der Waals surface area contributed by atoms with Gasteiger partial charge < -0.3 is 10.2 Å². The zero-order valence-electron chi connectivity index (χ0n) is 22.0. The minimum atomic E-state index is -0.262. The largest absolute Gasteiger partial charge is 0.393 e. The molecule has 8 atom stereocenters. The van der Waals surface area contributed by atoms with Gasteiger partial charge in [-0.05, 0) is 109 Å². The van der Waals surface area contributed by atoms with Crippen molar-refractivity contribution in [3.8, 4) is 0 Å². The first-order chi connectivity index (χ1) is 14.8. The third-order valence-electron chi connectivity index (χ3n) is 11.3. The summed E-state index contributed by atoms with van der Waals surface area (Å²) in [4.78, 5) is 0. The van der Waals surface area contributed by atoms with Gasteiger partial charge in [0.15, 0.2) is 0 Å². The fourth-order valence-corrected chi connectivity index (χ4v) is 8.71. The SMILES string of the molecule is CC(C)=CC[C@@H](O)[C@@H](C)[C@H]1CC[C@@]2(C)C3=CCC4C(C)(C)[C@@H](O)CC[C@]4(C)C3=CC[C@]12C. The smallest absolute Gasteiger partial charge is 0.0603 e. The van der Waals surface area contributed by atoms with Crippen molar-refractivity contribution in [3.63, 3.8) is 0 Å². The maximum atomic E-state index is 11.0. The molecule has 4 rings (SSSR count). The number of allylic oxidation sites excluding steroid dienone is 5. The molecule has 0 aliphatic heterocycles. The summed E-state index contributed by atoms with van der Waals surface area (Å²) in [6, 6.07) is 0. The molecule has 0 spiro atoms. The molecule has 180 valence electrons. The van der Waals surface area contributed by atoms with Gasteiger partial charge in [-0.1, -0.05) is 65.3 Å². The van der Waals surface area contributed by atoms with Gasteiger partial charge in [-0.2, -0.15) is 0 Å². The first-order valence-corrected chi connectivity index (χ1v) is 13.2. The van der Waals surface area contributed by atoms with E-state index in [9.17, 15) is 10.2 Å². The third kappa shape index (κ3) is 3.26. The van der Waals surface area contributed by atoms with Gasteiger partial charge in [0.1, 0.15) is 0 Å². The second-order valence-corrected chi connectivity index (χ2v) is 13.4. The van der Waals surface area contributed by atoms with Crippen LogP contribution in [0.2, 0.25) is 0 Å². The number of fused-ring (bicyclic) bond motifs is 5. The monoisotopic (exact) mass is 440 g/mol. The summed E-state index contributed by atoms with van der Waals surface area (Å²) in [5.74, 6) is 1.36. The quantitative estimate of drug-likeness (QED) is 0.453. The Labute approximate surface area is 197 Å². The summed E-state index contributed by atoms with van der Waals surface area (Å²) in [7, 11) is 0. The fraction of sp³-hybridized carbons (Fsp3) is 0.800. The Balaban J connectivity index is 1.68. The van der Waals surface area contributed by atoms with Gasteiger partial charge in [0.2, 0.25) is 0 Å². The van der Waals surface area contributed by atoms with Gasteiger partial charge in [0.25, 0.3) is 0 Å². The lowest BCUT2D eigenvalue weighted by Crippen LogP contribution is -2.54. The molecule has 2 N–H and O–H groups in total. The first-order valence-electron chi connectivity index (χ1n) is 13.2. The first kappa shape index (κ1) is 24.3. The molecule has 0 radical (unpaired) electrons. The molecule has 0 saturated heterocycles. The van der Waals surface area contributed by atoms with Crippen LogP contribution in [-0.2, 0) is 0 Å². The molecule has 0 aromatic carbocycles. The second-order valence-electron chi connectivity index (χ2n) is 13.4. The second kappa shape index (κ2) is 7.84. The van der Waals surface area contributed by atoms with E-state index in [1.165, 1.54) is 18.4 Å². The predicted octanol–water partition coefficient (Wildman–Crippen LogP) is 7.23. The molecule has 4 aliphatic rings. The normalized spacial score (nSPS) is 44.4. The maximum absolute atomic E-state index is 11.0. The van der Waals surface area contributed by atoms with E-state index in [1.54, 1.807) is 11.1 Å². The molecule has 2 heteroatoms. The molecule has 32 heavy (non-hydrogen) atoms. The lowest BCUT2D eigenvalue weighted by Gasteiger charge is -2.61. The van der Waals surface area contributed by atoms with E-state index >= 15 is 0 Å². The Hall–Kier alpha value is -0.860. The number of aliphatic hydroxyl groups is 2. The number of rotatable bonds is 4. The summed E-state index contributed by atoms with van der Waals surface area (Å²) in [6.45, 7) is 18.7. The Morgan fingerprint density at radius 1 is 1.06 bits per heavy atom.